The molecule has 0 aromatic carbocycles. The van der Waals surface area contributed by atoms with Crippen LogP contribution in [-0.2, 0) is 14.3 Å². The van der Waals surface area contributed by atoms with E-state index in [1.807, 2.05) is 0 Å². The van der Waals surface area contributed by atoms with Crippen LogP contribution >= 0.6 is 0 Å². The van der Waals surface area contributed by atoms with Gasteiger partial charge in [-0.1, -0.05) is 6.92 Å². The zero-order valence-corrected chi connectivity index (χ0v) is 9.53. The summed E-state index contributed by atoms with van der Waals surface area (Å²) in [7, 11) is 0. The Labute approximate surface area is 93.8 Å². The van der Waals surface area contributed by atoms with Gasteiger partial charge in [0.2, 0.25) is 0 Å². The van der Waals surface area contributed by atoms with Crippen molar-refractivity contribution < 1.29 is 29.6 Å². The van der Waals surface area contributed by atoms with E-state index < -0.39 is 36.5 Å². The molecule has 16 heavy (non-hydrogen) atoms. The largest absolute Gasteiger partial charge is 0.479 e. The molecule has 0 aromatic heterocycles. The summed E-state index contributed by atoms with van der Waals surface area (Å²) < 4.78 is 10.3. The van der Waals surface area contributed by atoms with Gasteiger partial charge in [0, 0.05) is 5.92 Å². The van der Waals surface area contributed by atoms with Crippen LogP contribution in [0.1, 0.15) is 20.8 Å². The number of carbonyl (C=O) groups is 1. The van der Waals surface area contributed by atoms with Gasteiger partial charge in [-0.3, -0.25) is 0 Å². The minimum atomic E-state index is -1.23. The standard InChI is InChI=1S/C10H18O6/c1-4(2)15-10-7(12)6(11)5(3)8(16-10)9(13)14/h4-8,10-12H,1-3H3,(H,13,14)/t5-,6?,7?,8?,10+/m0/s1. The van der Waals surface area contributed by atoms with Gasteiger partial charge in [0.15, 0.2) is 12.4 Å². The van der Waals surface area contributed by atoms with E-state index in [0.717, 1.165) is 0 Å². The van der Waals surface area contributed by atoms with Gasteiger partial charge in [-0.15, -0.1) is 0 Å². The van der Waals surface area contributed by atoms with Crippen molar-refractivity contribution in [2.24, 2.45) is 5.92 Å². The average Bonchev–Trinajstić information content (AvgIpc) is 2.18. The number of aliphatic hydroxyl groups is 2. The van der Waals surface area contributed by atoms with E-state index in [1.54, 1.807) is 13.8 Å². The lowest BCUT2D eigenvalue weighted by Crippen LogP contribution is -2.57. The van der Waals surface area contributed by atoms with E-state index in [9.17, 15) is 15.0 Å². The molecule has 0 aliphatic carbocycles. The molecule has 0 aromatic rings. The number of aliphatic carboxylic acids is 1. The van der Waals surface area contributed by atoms with E-state index in [4.69, 9.17) is 14.6 Å². The summed E-state index contributed by atoms with van der Waals surface area (Å²) in [5.74, 6) is -1.85. The van der Waals surface area contributed by atoms with E-state index in [2.05, 4.69) is 0 Å². The Hall–Kier alpha value is -0.690. The Kier molecular flexibility index (Phi) is 4.26. The van der Waals surface area contributed by atoms with E-state index in [-0.39, 0.29) is 6.10 Å². The third-order valence-electron chi connectivity index (χ3n) is 2.58. The second kappa shape index (κ2) is 5.09. The Morgan fingerprint density at radius 1 is 1.31 bits per heavy atom. The molecule has 6 nitrogen and oxygen atoms in total. The molecule has 0 saturated carbocycles. The molecule has 6 heteroatoms. The zero-order valence-electron chi connectivity index (χ0n) is 9.53. The van der Waals surface area contributed by atoms with Crippen molar-refractivity contribution in [3.8, 4) is 0 Å². The summed E-state index contributed by atoms with van der Waals surface area (Å²) in [6, 6.07) is 0. The maximum absolute atomic E-state index is 10.9. The number of hydrogen-bond acceptors (Lipinski definition) is 5. The summed E-state index contributed by atoms with van der Waals surface area (Å²) in [5.41, 5.74) is 0. The van der Waals surface area contributed by atoms with E-state index in [0.29, 0.717) is 0 Å². The van der Waals surface area contributed by atoms with Crippen molar-refractivity contribution in [3.63, 3.8) is 0 Å². The molecule has 1 fully saturated rings. The van der Waals surface area contributed by atoms with Gasteiger partial charge in [0.1, 0.15) is 6.10 Å². The highest BCUT2D eigenvalue weighted by Gasteiger charge is 2.46. The monoisotopic (exact) mass is 234 g/mol. The fraction of sp³-hybridized carbons (Fsp3) is 0.900. The van der Waals surface area contributed by atoms with Crippen molar-refractivity contribution >= 4 is 5.97 Å². The molecule has 3 N–H and O–H groups in total. The fourth-order valence-electron chi connectivity index (χ4n) is 1.66. The van der Waals surface area contributed by atoms with Crippen LogP contribution in [0, 0.1) is 5.92 Å². The topological polar surface area (TPSA) is 96.2 Å². The fourth-order valence-corrected chi connectivity index (χ4v) is 1.66. The van der Waals surface area contributed by atoms with Crippen molar-refractivity contribution in [2.45, 2.75) is 51.5 Å². The SMILES string of the molecule is CC(C)O[C@@H]1OC(C(=O)O)[C@@H](C)C(O)C1O. The average molecular weight is 234 g/mol. The molecule has 1 saturated heterocycles. The Bertz CT molecular complexity index is 254. The molecule has 0 spiro atoms. The third kappa shape index (κ3) is 2.70. The number of carboxylic acid groups (broad SMARTS) is 1. The predicted molar refractivity (Wildman–Crippen MR) is 53.7 cm³/mol. The molecule has 94 valence electrons. The van der Waals surface area contributed by atoms with Gasteiger partial charge in [0.25, 0.3) is 0 Å². The van der Waals surface area contributed by atoms with Crippen molar-refractivity contribution in [1.82, 2.24) is 0 Å². The number of ether oxygens (including phenoxy) is 2. The number of carboxylic acids is 1. The normalized spacial score (nSPS) is 40.0. The molecule has 5 atom stereocenters. The zero-order chi connectivity index (χ0) is 12.5. The first-order valence-electron chi connectivity index (χ1n) is 5.24. The van der Waals surface area contributed by atoms with Crippen LogP contribution in [0.4, 0.5) is 0 Å². The number of hydrogen-bond donors (Lipinski definition) is 3. The molecule has 3 unspecified atom stereocenters. The van der Waals surface area contributed by atoms with Gasteiger partial charge < -0.3 is 24.8 Å². The number of aliphatic hydroxyl groups excluding tert-OH is 2. The third-order valence-corrected chi connectivity index (χ3v) is 2.58. The lowest BCUT2D eigenvalue weighted by Gasteiger charge is -2.40. The van der Waals surface area contributed by atoms with E-state index >= 15 is 0 Å². The van der Waals surface area contributed by atoms with Crippen LogP contribution < -0.4 is 0 Å². The van der Waals surface area contributed by atoms with Crippen LogP contribution in [0.3, 0.4) is 0 Å². The van der Waals surface area contributed by atoms with Crippen molar-refractivity contribution in [1.29, 1.82) is 0 Å². The molecule has 0 amide bonds. The van der Waals surface area contributed by atoms with Gasteiger partial charge >= 0.3 is 5.97 Å². The van der Waals surface area contributed by atoms with Gasteiger partial charge in [0.05, 0.1) is 12.2 Å². The highest BCUT2D eigenvalue weighted by atomic mass is 16.7. The smallest absolute Gasteiger partial charge is 0.333 e. The highest BCUT2D eigenvalue weighted by Crippen LogP contribution is 2.27. The van der Waals surface area contributed by atoms with Crippen LogP contribution in [0.15, 0.2) is 0 Å². The van der Waals surface area contributed by atoms with Crippen LogP contribution in [0.25, 0.3) is 0 Å². The second-order valence-electron chi connectivity index (χ2n) is 4.29. The summed E-state index contributed by atoms with van der Waals surface area (Å²) >= 11 is 0. The Morgan fingerprint density at radius 2 is 1.88 bits per heavy atom. The molecule has 1 heterocycles. The lowest BCUT2D eigenvalue weighted by atomic mass is 9.91. The first-order valence-corrected chi connectivity index (χ1v) is 5.24. The van der Waals surface area contributed by atoms with E-state index in [1.165, 1.54) is 6.92 Å². The summed E-state index contributed by atoms with van der Waals surface area (Å²) in [4.78, 5) is 10.9. The molecule has 1 rings (SSSR count). The maximum Gasteiger partial charge on any atom is 0.333 e. The molecule has 1 aliphatic rings. The Morgan fingerprint density at radius 3 is 2.31 bits per heavy atom. The van der Waals surface area contributed by atoms with Gasteiger partial charge in [-0.25, -0.2) is 4.79 Å². The molecule has 0 bridgehead atoms. The quantitative estimate of drug-likeness (QED) is 0.613. The second-order valence-corrected chi connectivity index (χ2v) is 4.29. The van der Waals surface area contributed by atoms with Crippen molar-refractivity contribution in [3.05, 3.63) is 0 Å². The van der Waals surface area contributed by atoms with Crippen molar-refractivity contribution in [2.75, 3.05) is 0 Å². The lowest BCUT2D eigenvalue weighted by molar-refractivity contribution is -0.290. The van der Waals surface area contributed by atoms with Gasteiger partial charge in [-0.05, 0) is 13.8 Å². The number of rotatable bonds is 3. The summed E-state index contributed by atoms with van der Waals surface area (Å²) in [6.07, 6.45) is -4.89. The molecular weight excluding hydrogens is 216 g/mol. The first kappa shape index (κ1) is 13.4. The Balaban J connectivity index is 2.77. The summed E-state index contributed by atoms with van der Waals surface area (Å²) in [5, 5.41) is 28.2. The minimum absolute atomic E-state index is 0.227. The summed E-state index contributed by atoms with van der Waals surface area (Å²) in [6.45, 7) is 4.98. The first-order chi connectivity index (χ1) is 7.34. The predicted octanol–water partition coefficient (Wildman–Crippen LogP) is -0.421. The van der Waals surface area contributed by atoms with Crippen LogP contribution in [0.2, 0.25) is 0 Å². The molecular formula is C10H18O6. The minimum Gasteiger partial charge on any atom is -0.479 e. The molecule has 0 radical (unpaired) electrons. The highest BCUT2D eigenvalue weighted by molar-refractivity contribution is 5.73. The van der Waals surface area contributed by atoms with Crippen LogP contribution in [0.5, 0.6) is 0 Å². The van der Waals surface area contributed by atoms with Gasteiger partial charge in [-0.2, -0.15) is 0 Å². The van der Waals surface area contributed by atoms with Crippen LogP contribution in [-0.4, -0.2) is 52.0 Å². The maximum atomic E-state index is 10.9. The molecule has 1 aliphatic heterocycles.